The molecule has 0 aliphatic rings. The van der Waals surface area contributed by atoms with E-state index in [9.17, 15) is 0 Å². The van der Waals surface area contributed by atoms with E-state index >= 15 is 0 Å². The Morgan fingerprint density at radius 3 is 2.12 bits per heavy atom. The number of benzene rings is 1. The molecule has 2 radical (unpaired) electrons. The zero-order valence-corrected chi connectivity index (χ0v) is 11.2. The van der Waals surface area contributed by atoms with Gasteiger partial charge in [-0.15, -0.1) is 0 Å². The van der Waals surface area contributed by atoms with Gasteiger partial charge in [-0.05, 0) is 24.6 Å². The summed E-state index contributed by atoms with van der Waals surface area (Å²) in [5.41, 5.74) is 2.10. The van der Waals surface area contributed by atoms with Crippen LogP contribution < -0.4 is 9.47 Å². The molecule has 1 unspecified atom stereocenters. The Bertz CT molecular complexity index is 338. The van der Waals surface area contributed by atoms with Gasteiger partial charge in [-0.2, -0.15) is 0 Å². The molecule has 17 heavy (non-hydrogen) atoms. The first-order chi connectivity index (χ1) is 8.13. The van der Waals surface area contributed by atoms with Crippen LogP contribution in [0.3, 0.4) is 0 Å². The van der Waals surface area contributed by atoms with E-state index in [-0.39, 0.29) is 5.82 Å². The molecule has 0 N–H and O–H groups in total. The molecule has 2 nitrogen and oxygen atoms in total. The maximum Gasteiger partial charge on any atom is 0.125 e. The second kappa shape index (κ2) is 6.58. The lowest BCUT2D eigenvalue weighted by atomic mass is 9.77. The summed E-state index contributed by atoms with van der Waals surface area (Å²) in [6, 6.07) is 4.02. The lowest BCUT2D eigenvalue weighted by molar-refractivity contribution is 0.387. The smallest absolute Gasteiger partial charge is 0.125 e. The minimum atomic E-state index is 0.0540. The summed E-state index contributed by atoms with van der Waals surface area (Å²) < 4.78 is 10.7. The van der Waals surface area contributed by atoms with E-state index in [1.807, 2.05) is 19.1 Å². The molecule has 92 valence electrons. The largest absolute Gasteiger partial charge is 0.496 e. The Hall–Kier alpha value is -1.12. The average Bonchev–Trinajstić information content (AvgIpc) is 2.36. The van der Waals surface area contributed by atoms with Gasteiger partial charge < -0.3 is 9.47 Å². The average molecular weight is 232 g/mol. The quantitative estimate of drug-likeness (QED) is 0.699. The van der Waals surface area contributed by atoms with Gasteiger partial charge in [0.1, 0.15) is 11.5 Å². The number of methoxy groups -OCH3 is 2. The van der Waals surface area contributed by atoms with Crippen molar-refractivity contribution in [3.8, 4) is 11.5 Å². The third-order valence-corrected chi connectivity index (χ3v) is 3.07. The Morgan fingerprint density at radius 2 is 1.71 bits per heavy atom. The molecule has 3 heteroatoms. The molecular weight excluding hydrogens is 211 g/mol. The van der Waals surface area contributed by atoms with Gasteiger partial charge in [-0.1, -0.05) is 32.0 Å². The van der Waals surface area contributed by atoms with E-state index in [0.717, 1.165) is 41.9 Å². The Balaban J connectivity index is 2.99. The highest BCUT2D eigenvalue weighted by molar-refractivity contribution is 6.12. The zero-order chi connectivity index (χ0) is 12.8. The van der Waals surface area contributed by atoms with E-state index in [4.69, 9.17) is 17.3 Å². The molecule has 1 atom stereocenters. The standard InChI is InChI=1S/C14H21BO2/c1-5-6-7-12(15)11-8-13(16-3)10(2)14(9-11)17-4/h8-9,12H,5-7H2,1-4H3. The highest BCUT2D eigenvalue weighted by Crippen LogP contribution is 2.33. The van der Waals surface area contributed by atoms with Crippen LogP contribution >= 0.6 is 0 Å². The lowest BCUT2D eigenvalue weighted by Gasteiger charge is -2.17. The molecule has 0 heterocycles. The number of hydrogen-bond donors (Lipinski definition) is 0. The van der Waals surface area contributed by atoms with E-state index in [0.29, 0.717) is 0 Å². The summed E-state index contributed by atoms with van der Waals surface area (Å²) in [6.45, 7) is 4.15. The number of rotatable bonds is 6. The van der Waals surface area contributed by atoms with Crippen LogP contribution in [0.1, 0.15) is 43.1 Å². The highest BCUT2D eigenvalue weighted by Gasteiger charge is 2.12. The van der Waals surface area contributed by atoms with Crippen molar-refractivity contribution in [3.63, 3.8) is 0 Å². The Labute approximate surface area is 106 Å². The molecule has 0 saturated heterocycles. The van der Waals surface area contributed by atoms with Gasteiger partial charge in [0.05, 0.1) is 22.1 Å². The van der Waals surface area contributed by atoms with Crippen molar-refractivity contribution in [1.82, 2.24) is 0 Å². The van der Waals surface area contributed by atoms with Gasteiger partial charge in [0.2, 0.25) is 0 Å². The molecule has 0 amide bonds. The van der Waals surface area contributed by atoms with Gasteiger partial charge in [0, 0.05) is 5.56 Å². The minimum absolute atomic E-state index is 0.0540. The second-order valence-corrected chi connectivity index (χ2v) is 4.30. The predicted molar refractivity (Wildman–Crippen MR) is 72.3 cm³/mol. The fourth-order valence-corrected chi connectivity index (χ4v) is 1.91. The van der Waals surface area contributed by atoms with Crippen LogP contribution in [0.4, 0.5) is 0 Å². The molecule has 0 aliphatic carbocycles. The van der Waals surface area contributed by atoms with Crippen molar-refractivity contribution in [3.05, 3.63) is 23.3 Å². The molecule has 0 aliphatic heterocycles. The van der Waals surface area contributed by atoms with Crippen LogP contribution in [0, 0.1) is 6.92 Å². The summed E-state index contributed by atoms with van der Waals surface area (Å²) in [7, 11) is 9.51. The molecule has 0 spiro atoms. The van der Waals surface area contributed by atoms with Crippen molar-refractivity contribution in [2.45, 2.75) is 38.9 Å². The molecule has 1 rings (SSSR count). The van der Waals surface area contributed by atoms with Crippen molar-refractivity contribution in [2.24, 2.45) is 0 Å². The monoisotopic (exact) mass is 232 g/mol. The number of hydrogen-bond acceptors (Lipinski definition) is 2. The summed E-state index contributed by atoms with van der Waals surface area (Å²) in [5.74, 6) is 1.73. The van der Waals surface area contributed by atoms with Crippen LogP contribution in [0.2, 0.25) is 0 Å². The van der Waals surface area contributed by atoms with Gasteiger partial charge in [0.15, 0.2) is 0 Å². The molecule has 0 saturated carbocycles. The molecule has 0 fully saturated rings. The van der Waals surface area contributed by atoms with E-state index in [1.54, 1.807) is 14.2 Å². The SMILES string of the molecule is [B]C(CCCC)c1cc(OC)c(C)c(OC)c1. The third-order valence-electron chi connectivity index (χ3n) is 3.07. The van der Waals surface area contributed by atoms with Gasteiger partial charge in [-0.25, -0.2) is 0 Å². The van der Waals surface area contributed by atoms with Gasteiger partial charge >= 0.3 is 0 Å². The molecule has 0 bridgehead atoms. The van der Waals surface area contributed by atoms with Crippen molar-refractivity contribution in [1.29, 1.82) is 0 Å². The summed E-state index contributed by atoms with van der Waals surface area (Å²) in [6.07, 6.45) is 3.29. The van der Waals surface area contributed by atoms with Crippen LogP contribution in [0.15, 0.2) is 12.1 Å². The third kappa shape index (κ3) is 3.42. The van der Waals surface area contributed by atoms with Crippen LogP contribution in [0.5, 0.6) is 11.5 Å². The molecule has 1 aromatic carbocycles. The Kier molecular flexibility index (Phi) is 5.40. The normalized spacial score (nSPS) is 12.2. The topological polar surface area (TPSA) is 18.5 Å². The van der Waals surface area contributed by atoms with Crippen LogP contribution in [0.25, 0.3) is 0 Å². The summed E-state index contributed by atoms with van der Waals surface area (Å²) in [4.78, 5) is 0. The van der Waals surface area contributed by atoms with Crippen molar-refractivity contribution in [2.75, 3.05) is 14.2 Å². The zero-order valence-electron chi connectivity index (χ0n) is 11.2. The predicted octanol–water partition coefficient (Wildman–Crippen LogP) is 3.41. The molecule has 0 aromatic heterocycles. The second-order valence-electron chi connectivity index (χ2n) is 4.30. The van der Waals surface area contributed by atoms with Crippen LogP contribution in [-0.2, 0) is 0 Å². The Morgan fingerprint density at radius 1 is 1.18 bits per heavy atom. The van der Waals surface area contributed by atoms with Crippen molar-refractivity contribution < 1.29 is 9.47 Å². The number of ether oxygens (including phenoxy) is 2. The fraction of sp³-hybridized carbons (Fsp3) is 0.571. The molecular formula is C14H21BO2. The van der Waals surface area contributed by atoms with E-state index in [1.165, 1.54) is 0 Å². The summed E-state index contributed by atoms with van der Waals surface area (Å²) >= 11 is 0. The first kappa shape index (κ1) is 13.9. The van der Waals surface area contributed by atoms with E-state index < -0.39 is 0 Å². The van der Waals surface area contributed by atoms with Crippen LogP contribution in [-0.4, -0.2) is 22.1 Å². The maximum atomic E-state index is 6.17. The first-order valence-electron chi connectivity index (χ1n) is 6.12. The highest BCUT2D eigenvalue weighted by atomic mass is 16.5. The first-order valence-corrected chi connectivity index (χ1v) is 6.12. The summed E-state index contributed by atoms with van der Waals surface area (Å²) in [5, 5.41) is 0. The fourth-order valence-electron chi connectivity index (χ4n) is 1.91. The van der Waals surface area contributed by atoms with Gasteiger partial charge in [-0.3, -0.25) is 0 Å². The number of unbranched alkanes of at least 4 members (excludes halogenated alkanes) is 1. The van der Waals surface area contributed by atoms with E-state index in [2.05, 4.69) is 6.92 Å². The minimum Gasteiger partial charge on any atom is -0.496 e. The maximum absolute atomic E-state index is 6.17. The lowest BCUT2D eigenvalue weighted by Crippen LogP contribution is -2.01. The molecule has 1 aromatic rings. The van der Waals surface area contributed by atoms with Gasteiger partial charge in [0.25, 0.3) is 0 Å². The van der Waals surface area contributed by atoms with Crippen molar-refractivity contribution >= 4 is 7.85 Å².